The minimum absolute atomic E-state index is 0.0903. The predicted octanol–water partition coefficient (Wildman–Crippen LogP) is 3.74. The fourth-order valence-electron chi connectivity index (χ4n) is 3.83. The summed E-state index contributed by atoms with van der Waals surface area (Å²) in [5.74, 6) is 7.19. The van der Waals surface area contributed by atoms with Crippen LogP contribution in [0.5, 0.6) is 5.75 Å². The molecule has 0 aliphatic heterocycles. The summed E-state index contributed by atoms with van der Waals surface area (Å²) in [4.78, 5) is 27.0. The molecule has 0 aliphatic carbocycles. The van der Waals surface area contributed by atoms with Gasteiger partial charge in [0.05, 0.1) is 30.3 Å². The number of rotatable bonds is 7. The van der Waals surface area contributed by atoms with E-state index in [9.17, 15) is 4.79 Å². The second kappa shape index (κ2) is 10.5. The summed E-state index contributed by atoms with van der Waals surface area (Å²) in [5, 5.41) is 0.884. The summed E-state index contributed by atoms with van der Waals surface area (Å²) in [6, 6.07) is 0. The molecule has 0 saturated heterocycles. The van der Waals surface area contributed by atoms with Crippen molar-refractivity contribution in [2.24, 2.45) is 0 Å². The van der Waals surface area contributed by atoms with Crippen LogP contribution in [0.25, 0.3) is 11.0 Å². The van der Waals surface area contributed by atoms with Crippen LogP contribution < -0.4 is 10.5 Å². The third-order valence-corrected chi connectivity index (χ3v) is 5.88. The Balaban J connectivity index is 1.95. The Hall–Kier alpha value is -3.31. The van der Waals surface area contributed by atoms with E-state index in [4.69, 9.17) is 22.1 Å². The number of amides is 1. The van der Waals surface area contributed by atoms with Gasteiger partial charge in [0, 0.05) is 38.3 Å². The first kappa shape index (κ1) is 24.3. The molecule has 0 bridgehead atoms. The van der Waals surface area contributed by atoms with Crippen molar-refractivity contribution >= 4 is 34.5 Å². The van der Waals surface area contributed by atoms with E-state index in [1.165, 1.54) is 0 Å². The molecule has 0 spiro atoms. The summed E-state index contributed by atoms with van der Waals surface area (Å²) in [5.41, 5.74) is 9.96. The normalized spacial score (nSPS) is 10.7. The van der Waals surface area contributed by atoms with Gasteiger partial charge in [-0.15, -0.1) is 0 Å². The van der Waals surface area contributed by atoms with Crippen LogP contribution in [0.4, 0.5) is 5.95 Å². The van der Waals surface area contributed by atoms with E-state index in [2.05, 4.69) is 26.8 Å². The molecule has 3 heterocycles. The largest absolute Gasteiger partial charge is 0.495 e. The van der Waals surface area contributed by atoms with E-state index in [1.54, 1.807) is 12.0 Å². The molecule has 174 valence electrons. The number of pyridine rings is 1. The number of carbonyl (C=O) groups is 1. The van der Waals surface area contributed by atoms with Crippen molar-refractivity contribution < 1.29 is 9.53 Å². The number of ether oxygens (including phenoxy) is 1. The second-order valence-corrected chi connectivity index (χ2v) is 7.99. The lowest BCUT2D eigenvalue weighted by Gasteiger charge is -2.17. The zero-order valence-corrected chi connectivity index (χ0v) is 20.5. The van der Waals surface area contributed by atoms with Crippen LogP contribution in [0.1, 0.15) is 49.1 Å². The van der Waals surface area contributed by atoms with Crippen molar-refractivity contribution in [3.63, 3.8) is 0 Å². The number of aromatic nitrogens is 4. The van der Waals surface area contributed by atoms with Crippen LogP contribution in [0, 0.1) is 25.7 Å². The molecular weight excluding hydrogens is 440 g/mol. The van der Waals surface area contributed by atoms with Crippen LogP contribution in [0.2, 0.25) is 5.15 Å². The first-order chi connectivity index (χ1) is 15.8. The predicted molar refractivity (Wildman–Crippen MR) is 130 cm³/mol. The average molecular weight is 469 g/mol. The lowest BCUT2D eigenvalue weighted by atomic mass is 10.1. The molecule has 2 N–H and O–H groups in total. The lowest BCUT2D eigenvalue weighted by molar-refractivity contribution is -0.130. The molecule has 0 radical (unpaired) electrons. The molecule has 0 fully saturated rings. The molecule has 3 aromatic heterocycles. The Bertz CT molecular complexity index is 1240. The summed E-state index contributed by atoms with van der Waals surface area (Å²) >= 11 is 6.42. The molecule has 0 aromatic carbocycles. The number of nitrogen functional groups attached to an aromatic ring is 1. The molecule has 0 saturated carbocycles. The van der Waals surface area contributed by atoms with Gasteiger partial charge in [0.1, 0.15) is 16.5 Å². The van der Waals surface area contributed by atoms with Crippen LogP contribution >= 0.6 is 11.6 Å². The SMILES string of the molecule is CCN(CC)C(=O)CCC#Cc1cn(Cc2cnc(C)c(OC)c2C)c2nc(N)nc(Cl)c12. The number of halogens is 1. The van der Waals surface area contributed by atoms with Crippen LogP contribution in [0.15, 0.2) is 12.4 Å². The van der Waals surface area contributed by atoms with Gasteiger partial charge in [-0.05, 0) is 38.8 Å². The number of nitrogens with two attached hydrogens (primary N) is 1. The van der Waals surface area contributed by atoms with E-state index < -0.39 is 0 Å². The van der Waals surface area contributed by atoms with Crippen molar-refractivity contribution in [3.8, 4) is 17.6 Å². The monoisotopic (exact) mass is 468 g/mol. The molecular formula is C24H29ClN6O2. The van der Waals surface area contributed by atoms with Gasteiger partial charge in [0.2, 0.25) is 11.9 Å². The minimum atomic E-state index is 0.0903. The first-order valence-electron chi connectivity index (χ1n) is 10.9. The van der Waals surface area contributed by atoms with E-state index >= 15 is 0 Å². The number of hydrogen-bond acceptors (Lipinski definition) is 6. The quantitative estimate of drug-likeness (QED) is 0.419. The van der Waals surface area contributed by atoms with Crippen molar-refractivity contribution in [1.82, 2.24) is 24.4 Å². The van der Waals surface area contributed by atoms with E-state index in [-0.39, 0.29) is 17.0 Å². The Morgan fingerprint density at radius 3 is 2.67 bits per heavy atom. The number of carbonyl (C=O) groups excluding carboxylic acids is 1. The van der Waals surface area contributed by atoms with Gasteiger partial charge in [-0.1, -0.05) is 23.4 Å². The van der Waals surface area contributed by atoms with Gasteiger partial charge in [-0.3, -0.25) is 9.78 Å². The molecule has 33 heavy (non-hydrogen) atoms. The smallest absolute Gasteiger partial charge is 0.223 e. The van der Waals surface area contributed by atoms with Gasteiger partial charge in [-0.2, -0.15) is 4.98 Å². The van der Waals surface area contributed by atoms with Gasteiger partial charge in [-0.25, -0.2) is 4.98 Å². The fraction of sp³-hybridized carbons (Fsp3) is 0.417. The Morgan fingerprint density at radius 1 is 1.27 bits per heavy atom. The number of fused-ring (bicyclic) bond motifs is 1. The number of anilines is 1. The van der Waals surface area contributed by atoms with Gasteiger partial charge < -0.3 is 19.9 Å². The summed E-state index contributed by atoms with van der Waals surface area (Å²) < 4.78 is 7.44. The molecule has 1 amide bonds. The first-order valence-corrected chi connectivity index (χ1v) is 11.3. The maximum atomic E-state index is 12.2. The molecule has 3 aromatic rings. The van der Waals surface area contributed by atoms with E-state index in [0.29, 0.717) is 49.1 Å². The maximum Gasteiger partial charge on any atom is 0.223 e. The number of aryl methyl sites for hydroxylation is 1. The highest BCUT2D eigenvalue weighted by molar-refractivity contribution is 6.34. The van der Waals surface area contributed by atoms with Gasteiger partial charge in [0.15, 0.2) is 0 Å². The Morgan fingerprint density at radius 2 is 2.00 bits per heavy atom. The van der Waals surface area contributed by atoms with Crippen LogP contribution in [-0.4, -0.2) is 50.5 Å². The summed E-state index contributed by atoms with van der Waals surface area (Å²) in [6.45, 7) is 9.73. The molecule has 0 aliphatic rings. The zero-order valence-electron chi connectivity index (χ0n) is 19.7. The fourth-order valence-corrected chi connectivity index (χ4v) is 4.10. The molecule has 3 rings (SSSR count). The van der Waals surface area contributed by atoms with E-state index in [1.807, 2.05) is 44.7 Å². The average Bonchev–Trinajstić information content (AvgIpc) is 3.12. The topological polar surface area (TPSA) is 99.2 Å². The Labute approximate surface area is 199 Å². The molecule has 0 unspecified atom stereocenters. The highest BCUT2D eigenvalue weighted by Crippen LogP contribution is 2.29. The summed E-state index contributed by atoms with van der Waals surface area (Å²) in [7, 11) is 1.64. The van der Waals surface area contributed by atoms with Crippen LogP contribution in [0.3, 0.4) is 0 Å². The number of hydrogen-bond donors (Lipinski definition) is 1. The third-order valence-electron chi connectivity index (χ3n) is 5.60. The highest BCUT2D eigenvalue weighted by atomic mass is 35.5. The zero-order chi connectivity index (χ0) is 24.1. The van der Waals surface area contributed by atoms with Crippen molar-refractivity contribution in [3.05, 3.63) is 39.9 Å². The van der Waals surface area contributed by atoms with Gasteiger partial charge >= 0.3 is 0 Å². The van der Waals surface area contributed by atoms with Crippen molar-refractivity contribution in [2.75, 3.05) is 25.9 Å². The number of nitrogens with zero attached hydrogens (tertiary/aromatic N) is 5. The highest BCUT2D eigenvalue weighted by Gasteiger charge is 2.17. The molecule has 9 heteroatoms. The lowest BCUT2D eigenvalue weighted by Crippen LogP contribution is -2.30. The standard InChI is InChI=1S/C24H29ClN6O2/c1-6-30(7-2)19(32)11-9-8-10-17-13-31(23-20(17)22(25)28-24(26)29-23)14-18-12-27-16(4)21(33-5)15(18)3/h12-13H,6-7,9,11,14H2,1-5H3,(H2,26,28,29). The minimum Gasteiger partial charge on any atom is -0.495 e. The maximum absolute atomic E-state index is 12.2. The van der Waals surface area contributed by atoms with Crippen LogP contribution in [-0.2, 0) is 11.3 Å². The second-order valence-electron chi connectivity index (χ2n) is 7.64. The molecule has 8 nitrogen and oxygen atoms in total. The van der Waals surface area contributed by atoms with Crippen molar-refractivity contribution in [2.45, 2.75) is 47.1 Å². The Kier molecular flexibility index (Phi) is 7.77. The third kappa shape index (κ3) is 5.20. The van der Waals surface area contributed by atoms with Gasteiger partial charge in [0.25, 0.3) is 0 Å². The number of methoxy groups -OCH3 is 1. The summed E-state index contributed by atoms with van der Waals surface area (Å²) in [6.07, 6.45) is 4.54. The van der Waals surface area contributed by atoms with Crippen molar-refractivity contribution in [1.29, 1.82) is 0 Å². The molecule has 0 atom stereocenters. The van der Waals surface area contributed by atoms with E-state index in [0.717, 1.165) is 22.6 Å².